The summed E-state index contributed by atoms with van der Waals surface area (Å²) < 4.78 is 108. The summed E-state index contributed by atoms with van der Waals surface area (Å²) in [7, 11) is 1.34. The van der Waals surface area contributed by atoms with Crippen LogP contribution in [0, 0.1) is 11.6 Å². The molecule has 1 heterocycles. The van der Waals surface area contributed by atoms with Gasteiger partial charge in [0.15, 0.2) is 0 Å². The molecule has 2 atom stereocenters. The third kappa shape index (κ3) is 7.88. The Hall–Kier alpha value is -3.74. The van der Waals surface area contributed by atoms with Crippen LogP contribution in [-0.4, -0.2) is 24.3 Å². The van der Waals surface area contributed by atoms with Gasteiger partial charge in [0.2, 0.25) is 5.91 Å². The minimum Gasteiger partial charge on any atom is -0.406 e. The number of amides is 1. The lowest BCUT2D eigenvalue weighted by atomic mass is 9.96. The average Bonchev–Trinajstić information content (AvgIpc) is 2.84. The van der Waals surface area contributed by atoms with Crippen molar-refractivity contribution in [1.82, 2.24) is 15.6 Å². The lowest BCUT2D eigenvalue weighted by molar-refractivity contribution is -0.274. The van der Waals surface area contributed by atoms with E-state index in [0.717, 1.165) is 36.5 Å². The summed E-state index contributed by atoms with van der Waals surface area (Å²) in [5.41, 5.74) is -0.557. The zero-order valence-corrected chi connectivity index (χ0v) is 19.6. The molecule has 0 aliphatic heterocycles. The molecule has 0 aliphatic rings. The first-order chi connectivity index (χ1) is 17.8. The second kappa shape index (κ2) is 11.8. The number of pyridine rings is 1. The minimum absolute atomic E-state index is 0.00186. The fourth-order valence-corrected chi connectivity index (χ4v) is 3.69. The van der Waals surface area contributed by atoms with Crippen molar-refractivity contribution in [3.05, 3.63) is 94.8 Å². The van der Waals surface area contributed by atoms with E-state index in [1.807, 2.05) is 0 Å². The fraction of sp³-hybridized carbons (Fsp3) is 0.280. The van der Waals surface area contributed by atoms with Crippen molar-refractivity contribution in [2.24, 2.45) is 0 Å². The number of alkyl halides is 6. The normalized spacial score (nSPS) is 13.6. The zero-order chi connectivity index (χ0) is 28.1. The molecule has 2 unspecified atom stereocenters. The van der Waals surface area contributed by atoms with Gasteiger partial charge >= 0.3 is 12.5 Å². The van der Waals surface area contributed by atoms with Gasteiger partial charge in [0.05, 0.1) is 0 Å². The number of aromatic nitrogens is 1. The smallest absolute Gasteiger partial charge is 0.406 e. The molecule has 2 N–H and O–H groups in total. The lowest BCUT2D eigenvalue weighted by Crippen LogP contribution is -2.38. The number of rotatable bonds is 9. The van der Waals surface area contributed by atoms with Crippen LogP contribution < -0.4 is 15.4 Å². The second-order valence-electron chi connectivity index (χ2n) is 8.14. The molecule has 0 aliphatic carbocycles. The van der Waals surface area contributed by atoms with Gasteiger partial charge in [0.1, 0.15) is 29.1 Å². The van der Waals surface area contributed by atoms with Gasteiger partial charge in [-0.05, 0) is 48.2 Å². The van der Waals surface area contributed by atoms with E-state index in [0.29, 0.717) is 17.2 Å². The summed E-state index contributed by atoms with van der Waals surface area (Å²) in [6.45, 7) is 0. The summed E-state index contributed by atoms with van der Waals surface area (Å²) in [5, 5.41) is 5.36. The maximum atomic E-state index is 15.0. The molecule has 0 spiro atoms. The van der Waals surface area contributed by atoms with Crippen molar-refractivity contribution in [3.63, 3.8) is 0 Å². The predicted octanol–water partition coefficient (Wildman–Crippen LogP) is 6.03. The molecule has 2 aromatic carbocycles. The van der Waals surface area contributed by atoms with Crippen LogP contribution in [0.15, 0.2) is 60.8 Å². The minimum atomic E-state index is -5.05. The Balaban J connectivity index is 1.93. The Morgan fingerprint density at radius 3 is 2.18 bits per heavy atom. The highest BCUT2D eigenvalue weighted by molar-refractivity contribution is 5.83. The molecule has 5 nitrogen and oxygen atoms in total. The van der Waals surface area contributed by atoms with Gasteiger partial charge in [-0.3, -0.25) is 15.1 Å². The van der Waals surface area contributed by atoms with E-state index in [1.54, 1.807) is 0 Å². The van der Waals surface area contributed by atoms with Crippen molar-refractivity contribution in [3.8, 4) is 5.75 Å². The van der Waals surface area contributed by atoms with Gasteiger partial charge in [-0.2, -0.15) is 13.2 Å². The molecule has 204 valence electrons. The largest absolute Gasteiger partial charge is 0.573 e. The highest BCUT2D eigenvalue weighted by atomic mass is 19.4. The van der Waals surface area contributed by atoms with E-state index in [-0.39, 0.29) is 18.4 Å². The van der Waals surface area contributed by atoms with Gasteiger partial charge in [0.25, 0.3) is 0 Å². The highest BCUT2D eigenvalue weighted by Crippen LogP contribution is 2.31. The summed E-state index contributed by atoms with van der Waals surface area (Å²) in [4.78, 5) is 16.0. The Morgan fingerprint density at radius 1 is 0.974 bits per heavy atom. The molecule has 1 aromatic heterocycles. The number of benzene rings is 2. The number of hydrogen-bond acceptors (Lipinski definition) is 4. The first-order valence-electron chi connectivity index (χ1n) is 11.1. The summed E-state index contributed by atoms with van der Waals surface area (Å²) in [5.74, 6) is -3.02. The quantitative estimate of drug-likeness (QED) is 0.322. The zero-order valence-electron chi connectivity index (χ0n) is 19.6. The Labute approximate surface area is 211 Å². The molecule has 1 amide bonds. The number of carbonyl (C=O) groups is 1. The fourth-order valence-electron chi connectivity index (χ4n) is 3.69. The van der Waals surface area contributed by atoms with Gasteiger partial charge in [-0.25, -0.2) is 8.78 Å². The van der Waals surface area contributed by atoms with E-state index in [2.05, 4.69) is 20.4 Å². The van der Waals surface area contributed by atoms with E-state index >= 15 is 0 Å². The number of nitrogens with one attached hydrogen (secondary N) is 2. The lowest BCUT2D eigenvalue weighted by Gasteiger charge is -2.26. The third-order valence-electron chi connectivity index (χ3n) is 5.50. The molecule has 0 saturated carbocycles. The van der Waals surface area contributed by atoms with E-state index in [4.69, 9.17) is 0 Å². The number of likely N-dealkylation sites (N-methyl/N-ethyl adjacent to an activating group) is 1. The molecule has 0 saturated heterocycles. The van der Waals surface area contributed by atoms with E-state index < -0.39 is 53.6 Å². The molecular formula is C25H21F8N3O2. The van der Waals surface area contributed by atoms with Crippen molar-refractivity contribution < 1.29 is 44.7 Å². The predicted molar refractivity (Wildman–Crippen MR) is 120 cm³/mol. The van der Waals surface area contributed by atoms with Crippen molar-refractivity contribution in [2.45, 2.75) is 37.5 Å². The second-order valence-corrected chi connectivity index (χ2v) is 8.14. The highest BCUT2D eigenvalue weighted by Gasteiger charge is 2.33. The Kier molecular flexibility index (Phi) is 8.92. The molecule has 13 heteroatoms. The molecule has 0 radical (unpaired) electrons. The maximum Gasteiger partial charge on any atom is 0.573 e. The number of carbonyl (C=O) groups excluding carboxylic acids is 1. The van der Waals surface area contributed by atoms with Gasteiger partial charge in [0, 0.05) is 30.9 Å². The summed E-state index contributed by atoms with van der Waals surface area (Å²) in [6, 6.07) is 7.17. The SMILES string of the molecule is CNC(=O)C(NC(CCc1ccc(C(F)(F)F)nc1)c1ccc(OC(F)(F)F)cc1F)c1ccc(F)cc1. The number of ether oxygens (including phenoxy) is 1. The van der Waals surface area contributed by atoms with Crippen molar-refractivity contribution >= 4 is 5.91 Å². The third-order valence-corrected chi connectivity index (χ3v) is 5.50. The monoisotopic (exact) mass is 547 g/mol. The van der Waals surface area contributed by atoms with Crippen LogP contribution in [0.2, 0.25) is 0 Å². The first kappa shape index (κ1) is 28.8. The van der Waals surface area contributed by atoms with Crippen LogP contribution in [0.1, 0.15) is 40.9 Å². The summed E-state index contributed by atoms with van der Waals surface area (Å²) in [6.07, 6.45) is -8.62. The van der Waals surface area contributed by atoms with Crippen molar-refractivity contribution in [1.29, 1.82) is 0 Å². The topological polar surface area (TPSA) is 63.2 Å². The number of nitrogens with zero attached hydrogens (tertiary/aromatic N) is 1. The van der Waals surface area contributed by atoms with Crippen LogP contribution >= 0.6 is 0 Å². The van der Waals surface area contributed by atoms with Crippen LogP contribution in [0.4, 0.5) is 35.1 Å². The number of aryl methyl sites for hydroxylation is 1. The van der Waals surface area contributed by atoms with Gasteiger partial charge in [-0.1, -0.05) is 24.3 Å². The van der Waals surface area contributed by atoms with E-state index in [9.17, 15) is 39.9 Å². The average molecular weight is 547 g/mol. The number of hydrogen-bond donors (Lipinski definition) is 2. The van der Waals surface area contributed by atoms with Crippen LogP contribution in [0.25, 0.3) is 0 Å². The molecule has 0 fully saturated rings. The first-order valence-corrected chi connectivity index (χ1v) is 11.1. The van der Waals surface area contributed by atoms with Crippen LogP contribution in [-0.2, 0) is 17.4 Å². The van der Waals surface area contributed by atoms with Crippen LogP contribution in [0.5, 0.6) is 5.75 Å². The number of halogens is 8. The van der Waals surface area contributed by atoms with E-state index in [1.165, 1.54) is 25.2 Å². The van der Waals surface area contributed by atoms with Gasteiger partial charge in [-0.15, -0.1) is 13.2 Å². The van der Waals surface area contributed by atoms with Crippen LogP contribution in [0.3, 0.4) is 0 Å². The molecule has 3 aromatic rings. The van der Waals surface area contributed by atoms with Gasteiger partial charge < -0.3 is 10.1 Å². The Bertz CT molecular complexity index is 1230. The Morgan fingerprint density at radius 2 is 1.66 bits per heavy atom. The maximum absolute atomic E-state index is 15.0. The molecule has 0 bridgehead atoms. The summed E-state index contributed by atoms with van der Waals surface area (Å²) >= 11 is 0. The van der Waals surface area contributed by atoms with Crippen molar-refractivity contribution in [2.75, 3.05) is 7.05 Å². The molecule has 3 rings (SSSR count). The molecule has 38 heavy (non-hydrogen) atoms. The molecular weight excluding hydrogens is 526 g/mol. The standard InChI is InChI=1S/C25H21F8N3O2/c1-34-23(37)22(15-4-6-16(26)7-5-15)36-20(10-2-14-3-11-21(35-13-14)24(28,29)30)18-9-8-17(12-19(18)27)38-25(31,32)33/h3-9,11-13,20,22,36H,2,10H2,1H3,(H,34,37).